The topological polar surface area (TPSA) is 53.8 Å². The summed E-state index contributed by atoms with van der Waals surface area (Å²) < 4.78 is 8.28. The fourth-order valence-corrected chi connectivity index (χ4v) is 4.43. The van der Waals surface area contributed by atoms with Crippen molar-refractivity contribution in [2.24, 2.45) is 0 Å². The first-order valence-electron chi connectivity index (χ1n) is 9.84. The molecule has 1 aromatic heterocycles. The number of nitrogens with zero attached hydrogens (tertiary/aromatic N) is 4. The average Bonchev–Trinajstić information content (AvgIpc) is 3.27. The lowest BCUT2D eigenvalue weighted by Crippen LogP contribution is -2.46. The van der Waals surface area contributed by atoms with Crippen molar-refractivity contribution in [3.63, 3.8) is 0 Å². The summed E-state index contributed by atoms with van der Waals surface area (Å²) in [5.41, 5.74) is 3.65. The Morgan fingerprint density at radius 1 is 1.26 bits per heavy atom. The second-order valence-corrected chi connectivity index (χ2v) is 8.02. The molecule has 6 nitrogen and oxygen atoms in total. The van der Waals surface area contributed by atoms with Crippen LogP contribution in [-0.4, -0.2) is 72.1 Å². The summed E-state index contributed by atoms with van der Waals surface area (Å²) >= 11 is 0. The summed E-state index contributed by atoms with van der Waals surface area (Å²) in [5, 5.41) is 9.19. The van der Waals surface area contributed by atoms with E-state index in [0.717, 1.165) is 38.4 Å². The Morgan fingerprint density at radius 3 is 2.85 bits per heavy atom. The quantitative estimate of drug-likeness (QED) is 0.875. The number of hydrogen-bond donors (Lipinski definition) is 1. The van der Waals surface area contributed by atoms with Gasteiger partial charge in [-0.05, 0) is 43.5 Å². The Hall–Kier alpha value is -1.89. The summed E-state index contributed by atoms with van der Waals surface area (Å²) in [6.07, 6.45) is 6.00. The molecule has 3 atom stereocenters. The van der Waals surface area contributed by atoms with Crippen molar-refractivity contribution in [1.29, 1.82) is 0 Å². The SMILES string of the molecule is Cc1cc(N(C)C)ccc1-c1nccn1[C@H]1C[C@H]2CO[C@@H](CCO)CN2C1. The van der Waals surface area contributed by atoms with Gasteiger partial charge in [-0.15, -0.1) is 0 Å². The molecule has 2 fully saturated rings. The van der Waals surface area contributed by atoms with E-state index in [2.05, 4.69) is 59.8 Å². The molecule has 0 bridgehead atoms. The van der Waals surface area contributed by atoms with E-state index in [1.807, 2.05) is 6.20 Å². The van der Waals surface area contributed by atoms with Crippen LogP contribution < -0.4 is 4.90 Å². The number of ether oxygens (including phenoxy) is 1. The van der Waals surface area contributed by atoms with Gasteiger partial charge in [0.05, 0.1) is 12.7 Å². The van der Waals surface area contributed by atoms with Gasteiger partial charge >= 0.3 is 0 Å². The number of aryl methyl sites for hydroxylation is 1. The van der Waals surface area contributed by atoms with Gasteiger partial charge in [0.25, 0.3) is 0 Å². The lowest BCUT2D eigenvalue weighted by atomic mass is 10.1. The normalized spacial score (nSPS) is 25.6. The maximum atomic E-state index is 9.19. The first kappa shape index (κ1) is 18.5. The van der Waals surface area contributed by atoms with E-state index < -0.39 is 0 Å². The Labute approximate surface area is 161 Å². The van der Waals surface area contributed by atoms with E-state index in [4.69, 9.17) is 9.72 Å². The fraction of sp³-hybridized carbons (Fsp3) is 0.571. The largest absolute Gasteiger partial charge is 0.396 e. The van der Waals surface area contributed by atoms with Crippen molar-refractivity contribution in [2.45, 2.75) is 38.0 Å². The molecule has 0 radical (unpaired) electrons. The summed E-state index contributed by atoms with van der Waals surface area (Å²) in [5.74, 6) is 1.05. The second-order valence-electron chi connectivity index (χ2n) is 8.02. The first-order valence-corrected chi connectivity index (χ1v) is 9.84. The Balaban J connectivity index is 1.55. The molecule has 0 unspecified atom stereocenters. The smallest absolute Gasteiger partial charge is 0.140 e. The highest BCUT2D eigenvalue weighted by Gasteiger charge is 2.38. The van der Waals surface area contributed by atoms with Crippen molar-refractivity contribution in [2.75, 3.05) is 45.3 Å². The van der Waals surface area contributed by atoms with Gasteiger partial charge in [0.1, 0.15) is 5.82 Å². The van der Waals surface area contributed by atoms with Gasteiger partial charge in [-0.2, -0.15) is 0 Å². The molecule has 1 aromatic carbocycles. The van der Waals surface area contributed by atoms with Crippen molar-refractivity contribution >= 4 is 5.69 Å². The van der Waals surface area contributed by atoms with Crippen molar-refractivity contribution in [1.82, 2.24) is 14.5 Å². The molecule has 0 spiro atoms. The number of anilines is 1. The number of imidazole rings is 1. The van der Waals surface area contributed by atoms with Crippen LogP contribution in [0.5, 0.6) is 0 Å². The third-order valence-corrected chi connectivity index (χ3v) is 5.95. The average molecular weight is 370 g/mol. The minimum atomic E-state index is 0.160. The van der Waals surface area contributed by atoms with Crippen LogP contribution >= 0.6 is 0 Å². The second kappa shape index (κ2) is 7.62. The predicted molar refractivity (Wildman–Crippen MR) is 107 cm³/mol. The maximum absolute atomic E-state index is 9.19. The van der Waals surface area contributed by atoms with E-state index in [9.17, 15) is 5.11 Å². The molecule has 146 valence electrons. The highest BCUT2D eigenvalue weighted by atomic mass is 16.5. The van der Waals surface area contributed by atoms with E-state index >= 15 is 0 Å². The van der Waals surface area contributed by atoms with Gasteiger partial charge in [-0.25, -0.2) is 4.98 Å². The standard InChI is InChI=1S/C21H30N4O2/c1-15-10-16(23(2)3)4-5-20(15)21-22-7-8-25(21)17-11-18-14-27-19(6-9-26)13-24(18)12-17/h4-5,7-8,10,17-19,26H,6,9,11-14H2,1-3H3/t17-,18-,19-/m0/s1. The number of aliphatic hydroxyl groups excluding tert-OH is 1. The summed E-state index contributed by atoms with van der Waals surface area (Å²) in [6.45, 7) is 5.06. The zero-order chi connectivity index (χ0) is 19.0. The fourth-order valence-electron chi connectivity index (χ4n) is 4.43. The van der Waals surface area contributed by atoms with Crippen LogP contribution in [-0.2, 0) is 4.74 Å². The van der Waals surface area contributed by atoms with Crippen molar-refractivity contribution in [3.05, 3.63) is 36.2 Å². The molecule has 2 aliphatic heterocycles. The number of aromatic nitrogens is 2. The minimum Gasteiger partial charge on any atom is -0.396 e. The Kier molecular flexibility index (Phi) is 5.21. The van der Waals surface area contributed by atoms with Gasteiger partial charge in [0, 0.05) is 69.5 Å². The molecule has 2 aliphatic rings. The van der Waals surface area contributed by atoms with Crippen LogP contribution in [0.15, 0.2) is 30.6 Å². The zero-order valence-electron chi connectivity index (χ0n) is 16.5. The number of aliphatic hydroxyl groups is 1. The number of morpholine rings is 1. The van der Waals surface area contributed by atoms with E-state index in [0.29, 0.717) is 12.1 Å². The molecule has 0 aliphatic carbocycles. The summed E-state index contributed by atoms with van der Waals surface area (Å²) in [7, 11) is 4.13. The van der Waals surface area contributed by atoms with E-state index in [1.165, 1.54) is 16.8 Å². The zero-order valence-corrected chi connectivity index (χ0v) is 16.5. The van der Waals surface area contributed by atoms with Crippen LogP contribution in [0.25, 0.3) is 11.4 Å². The number of fused-ring (bicyclic) bond motifs is 1. The molecule has 6 heteroatoms. The highest BCUT2D eigenvalue weighted by molar-refractivity contribution is 5.65. The van der Waals surface area contributed by atoms with Crippen LogP contribution in [0.4, 0.5) is 5.69 Å². The monoisotopic (exact) mass is 370 g/mol. The van der Waals surface area contributed by atoms with Gasteiger partial charge in [-0.1, -0.05) is 0 Å². The van der Waals surface area contributed by atoms with Crippen LogP contribution in [0.3, 0.4) is 0 Å². The third-order valence-electron chi connectivity index (χ3n) is 5.95. The Bertz CT molecular complexity index is 788. The first-order chi connectivity index (χ1) is 13.1. The lowest BCUT2D eigenvalue weighted by Gasteiger charge is -2.34. The van der Waals surface area contributed by atoms with Gasteiger partial charge in [-0.3, -0.25) is 4.90 Å². The molecular formula is C21H30N4O2. The van der Waals surface area contributed by atoms with Crippen LogP contribution in [0.2, 0.25) is 0 Å². The van der Waals surface area contributed by atoms with Crippen molar-refractivity contribution in [3.8, 4) is 11.4 Å². The van der Waals surface area contributed by atoms with E-state index in [-0.39, 0.29) is 12.7 Å². The van der Waals surface area contributed by atoms with Gasteiger partial charge < -0.3 is 19.3 Å². The molecule has 2 saturated heterocycles. The summed E-state index contributed by atoms with van der Waals surface area (Å²) in [4.78, 5) is 9.35. The lowest BCUT2D eigenvalue weighted by molar-refractivity contribution is -0.0567. The Morgan fingerprint density at radius 2 is 2.11 bits per heavy atom. The number of hydrogen-bond acceptors (Lipinski definition) is 5. The van der Waals surface area contributed by atoms with Crippen LogP contribution in [0, 0.1) is 6.92 Å². The third kappa shape index (κ3) is 3.61. The molecule has 4 rings (SSSR count). The molecule has 3 heterocycles. The minimum absolute atomic E-state index is 0.160. The van der Waals surface area contributed by atoms with Gasteiger partial charge in [0.2, 0.25) is 0 Å². The van der Waals surface area contributed by atoms with Gasteiger partial charge in [0.15, 0.2) is 0 Å². The molecule has 0 saturated carbocycles. The maximum Gasteiger partial charge on any atom is 0.140 e. The summed E-state index contributed by atoms with van der Waals surface area (Å²) in [6, 6.07) is 7.45. The molecule has 27 heavy (non-hydrogen) atoms. The number of rotatable bonds is 5. The molecular weight excluding hydrogens is 340 g/mol. The predicted octanol–water partition coefficient (Wildman–Crippen LogP) is 2.32. The van der Waals surface area contributed by atoms with Crippen molar-refractivity contribution < 1.29 is 9.84 Å². The van der Waals surface area contributed by atoms with Crippen LogP contribution in [0.1, 0.15) is 24.4 Å². The molecule has 1 N–H and O–H groups in total. The number of benzene rings is 1. The highest BCUT2D eigenvalue weighted by Crippen LogP contribution is 2.35. The molecule has 2 aromatic rings. The molecule has 0 amide bonds. The van der Waals surface area contributed by atoms with E-state index in [1.54, 1.807) is 0 Å².